The number of piperidine rings is 1. The van der Waals surface area contributed by atoms with E-state index in [1.54, 1.807) is 0 Å². The van der Waals surface area contributed by atoms with E-state index in [2.05, 4.69) is 78.6 Å². The molecule has 134 valence electrons. The predicted octanol–water partition coefficient (Wildman–Crippen LogP) is 6.13. The molecule has 1 fully saturated rings. The number of nitrogens with zero attached hydrogens (tertiary/aromatic N) is 2. The lowest BCUT2D eigenvalue weighted by Gasteiger charge is -2.29. The number of anilines is 1. The summed E-state index contributed by atoms with van der Waals surface area (Å²) in [4.78, 5) is 7.20. The second-order valence-electron chi connectivity index (χ2n) is 6.84. The highest BCUT2D eigenvalue weighted by atomic mass is 35.5. The maximum Gasteiger partial charge on any atom is 0.0653 e. The molecule has 0 radical (unpaired) electrons. The number of halogens is 1. The smallest absolute Gasteiger partial charge is 0.0653 e. The van der Waals surface area contributed by atoms with Crippen molar-refractivity contribution in [2.24, 2.45) is 0 Å². The van der Waals surface area contributed by atoms with E-state index in [0.29, 0.717) is 0 Å². The average Bonchev–Trinajstić information content (AvgIpc) is 2.66. The van der Waals surface area contributed by atoms with Crippen molar-refractivity contribution < 1.29 is 0 Å². The molecule has 3 aromatic rings. The summed E-state index contributed by atoms with van der Waals surface area (Å²) in [6, 6.07) is 19.4. The summed E-state index contributed by atoms with van der Waals surface area (Å²) < 4.78 is 0. The summed E-state index contributed by atoms with van der Waals surface area (Å²) in [5.74, 6) is 0. The van der Waals surface area contributed by atoms with E-state index in [1.807, 2.05) is 0 Å². The van der Waals surface area contributed by atoms with E-state index in [1.165, 1.54) is 41.3 Å². The van der Waals surface area contributed by atoms with Crippen molar-refractivity contribution in [1.82, 2.24) is 4.98 Å². The largest absolute Gasteiger partial charge is 0.371 e. The molecule has 0 atom stereocenters. The van der Waals surface area contributed by atoms with Gasteiger partial charge in [0.1, 0.15) is 0 Å². The molecule has 2 heterocycles. The highest BCUT2D eigenvalue weighted by molar-refractivity contribution is 5.92. The van der Waals surface area contributed by atoms with Crippen molar-refractivity contribution in [3.05, 3.63) is 71.5 Å². The molecule has 2 nitrogen and oxygen atoms in total. The van der Waals surface area contributed by atoms with Gasteiger partial charge in [0.25, 0.3) is 0 Å². The van der Waals surface area contributed by atoms with Crippen molar-refractivity contribution >= 4 is 41.0 Å². The fourth-order valence-corrected chi connectivity index (χ4v) is 3.67. The molecule has 3 heteroatoms. The maximum absolute atomic E-state index is 4.71. The lowest BCUT2D eigenvalue weighted by Crippen LogP contribution is -2.29. The van der Waals surface area contributed by atoms with Crippen molar-refractivity contribution in [1.29, 1.82) is 0 Å². The van der Waals surface area contributed by atoms with E-state index in [-0.39, 0.29) is 12.4 Å². The summed E-state index contributed by atoms with van der Waals surface area (Å²) in [7, 11) is 0. The Balaban J connectivity index is 0.00000196. The van der Waals surface area contributed by atoms with Crippen LogP contribution >= 0.6 is 12.4 Å². The summed E-state index contributed by atoms with van der Waals surface area (Å²) in [5.41, 5.74) is 4.67. The molecule has 2 aromatic carbocycles. The quantitative estimate of drug-likeness (QED) is 0.556. The molecule has 0 amide bonds. The molecule has 1 aliphatic heterocycles. The first-order chi connectivity index (χ1) is 12.3. The van der Waals surface area contributed by atoms with Crippen molar-refractivity contribution in [3.63, 3.8) is 0 Å². The Labute approximate surface area is 162 Å². The number of fused-ring (bicyclic) bond motifs is 1. The van der Waals surface area contributed by atoms with Gasteiger partial charge in [0.15, 0.2) is 0 Å². The van der Waals surface area contributed by atoms with E-state index in [4.69, 9.17) is 4.98 Å². The first-order valence-corrected chi connectivity index (χ1v) is 9.19. The minimum Gasteiger partial charge on any atom is -0.371 e. The fourth-order valence-electron chi connectivity index (χ4n) is 3.67. The lowest BCUT2D eigenvalue weighted by molar-refractivity contribution is 0.577. The summed E-state index contributed by atoms with van der Waals surface area (Å²) in [6.07, 6.45) is 8.27. The van der Waals surface area contributed by atoms with Crippen molar-refractivity contribution in [3.8, 4) is 0 Å². The van der Waals surface area contributed by atoms with E-state index in [9.17, 15) is 0 Å². The summed E-state index contributed by atoms with van der Waals surface area (Å²) >= 11 is 0. The molecule has 0 aliphatic carbocycles. The maximum atomic E-state index is 4.71. The molecule has 26 heavy (non-hydrogen) atoms. The Morgan fingerprint density at radius 2 is 1.65 bits per heavy atom. The van der Waals surface area contributed by atoms with Gasteiger partial charge in [-0.3, -0.25) is 4.98 Å². The minimum atomic E-state index is 0. The van der Waals surface area contributed by atoms with Crippen LogP contribution in [-0.2, 0) is 0 Å². The Morgan fingerprint density at radius 3 is 2.50 bits per heavy atom. The van der Waals surface area contributed by atoms with Gasteiger partial charge < -0.3 is 4.90 Å². The second kappa shape index (κ2) is 8.37. The Morgan fingerprint density at radius 1 is 0.885 bits per heavy atom. The van der Waals surface area contributed by atoms with Gasteiger partial charge in [0, 0.05) is 24.5 Å². The SMILES string of the molecule is Cc1cc(N2CCCCC2)cc(C=Cc2cccc3ccccc23)n1.Cl. The third-order valence-electron chi connectivity index (χ3n) is 4.94. The van der Waals surface area contributed by atoms with E-state index < -0.39 is 0 Å². The average molecular weight is 365 g/mol. The van der Waals surface area contributed by atoms with Crippen LogP contribution in [0.15, 0.2) is 54.6 Å². The molecule has 0 saturated carbocycles. The van der Waals surface area contributed by atoms with Gasteiger partial charge in [-0.2, -0.15) is 0 Å². The number of rotatable bonds is 3. The van der Waals surface area contributed by atoms with E-state index >= 15 is 0 Å². The highest BCUT2D eigenvalue weighted by Gasteiger charge is 2.11. The molecule has 1 aliphatic rings. The molecule has 0 spiro atoms. The van der Waals surface area contributed by atoms with Crippen LogP contribution in [-0.4, -0.2) is 18.1 Å². The van der Waals surface area contributed by atoms with Gasteiger partial charge in [-0.25, -0.2) is 0 Å². The topological polar surface area (TPSA) is 16.1 Å². The van der Waals surface area contributed by atoms with Crippen LogP contribution in [0.1, 0.15) is 36.2 Å². The monoisotopic (exact) mass is 364 g/mol. The van der Waals surface area contributed by atoms with Gasteiger partial charge in [0.05, 0.1) is 5.69 Å². The van der Waals surface area contributed by atoms with Crippen molar-refractivity contribution in [2.75, 3.05) is 18.0 Å². The standard InChI is InChI=1S/C23H24N2.ClH/c1-18-16-22(25-14-5-2-6-15-25)17-21(24-18)13-12-20-10-7-9-19-8-3-4-11-23(19)20;/h3-4,7-13,16-17H,2,5-6,14-15H2,1H3;1H. The molecule has 0 N–H and O–H groups in total. The number of aryl methyl sites for hydroxylation is 1. The molecule has 1 saturated heterocycles. The Kier molecular flexibility index (Phi) is 5.95. The van der Waals surface area contributed by atoms with Crippen LogP contribution in [0.4, 0.5) is 5.69 Å². The van der Waals surface area contributed by atoms with Crippen LogP contribution in [0.3, 0.4) is 0 Å². The Hall–Kier alpha value is -2.32. The zero-order chi connectivity index (χ0) is 17.1. The van der Waals surface area contributed by atoms with Gasteiger partial charge >= 0.3 is 0 Å². The van der Waals surface area contributed by atoms with Gasteiger partial charge in [-0.15, -0.1) is 12.4 Å². The normalized spacial score (nSPS) is 14.6. The van der Waals surface area contributed by atoms with Crippen LogP contribution in [0.2, 0.25) is 0 Å². The lowest BCUT2D eigenvalue weighted by atomic mass is 10.0. The van der Waals surface area contributed by atoms with Gasteiger partial charge in [-0.1, -0.05) is 48.5 Å². The summed E-state index contributed by atoms with van der Waals surface area (Å²) in [5, 5.41) is 2.56. The minimum absolute atomic E-state index is 0. The van der Waals surface area contributed by atoms with Gasteiger partial charge in [0.2, 0.25) is 0 Å². The molecular weight excluding hydrogens is 340 g/mol. The zero-order valence-electron chi connectivity index (χ0n) is 15.2. The van der Waals surface area contributed by atoms with Crippen molar-refractivity contribution in [2.45, 2.75) is 26.2 Å². The summed E-state index contributed by atoms with van der Waals surface area (Å²) in [6.45, 7) is 4.41. The van der Waals surface area contributed by atoms with Gasteiger partial charge in [-0.05, 0) is 60.7 Å². The molecule has 0 unspecified atom stereocenters. The van der Waals surface area contributed by atoms with Crippen LogP contribution in [0.5, 0.6) is 0 Å². The number of benzene rings is 2. The number of hydrogen-bond donors (Lipinski definition) is 0. The Bertz CT molecular complexity index is 906. The van der Waals surface area contributed by atoms with Crippen LogP contribution < -0.4 is 4.90 Å². The molecule has 4 rings (SSSR count). The number of pyridine rings is 1. The van der Waals surface area contributed by atoms with Crippen LogP contribution in [0.25, 0.3) is 22.9 Å². The molecule has 1 aromatic heterocycles. The fraction of sp³-hybridized carbons (Fsp3) is 0.261. The zero-order valence-corrected chi connectivity index (χ0v) is 16.0. The third-order valence-corrected chi connectivity index (χ3v) is 4.94. The molecule has 0 bridgehead atoms. The van der Waals surface area contributed by atoms with E-state index in [0.717, 1.165) is 24.5 Å². The number of hydrogen-bond acceptors (Lipinski definition) is 2. The first-order valence-electron chi connectivity index (χ1n) is 9.19. The third kappa shape index (κ3) is 4.08. The predicted molar refractivity (Wildman–Crippen MR) is 115 cm³/mol. The molecular formula is C23H25ClN2. The second-order valence-corrected chi connectivity index (χ2v) is 6.84. The van der Waals surface area contributed by atoms with Crippen LogP contribution in [0, 0.1) is 6.92 Å². The highest BCUT2D eigenvalue weighted by Crippen LogP contribution is 2.24. The number of aromatic nitrogens is 1. The first kappa shape index (κ1) is 18.5.